The first-order valence-corrected chi connectivity index (χ1v) is 7.92. The Morgan fingerprint density at radius 2 is 1.85 bits per heavy atom. The van der Waals surface area contributed by atoms with Gasteiger partial charge in [0.15, 0.2) is 0 Å². The molecule has 1 unspecified atom stereocenters. The third-order valence-electron chi connectivity index (χ3n) is 4.23. The second kappa shape index (κ2) is 7.07. The minimum absolute atomic E-state index is 0.0941. The molecule has 0 radical (unpaired) electrons. The molecule has 0 saturated carbocycles. The Kier molecular flexibility index (Phi) is 5.41. The van der Waals surface area contributed by atoms with E-state index in [2.05, 4.69) is 24.1 Å². The van der Waals surface area contributed by atoms with E-state index in [0.717, 1.165) is 30.8 Å². The number of anilines is 1. The van der Waals surface area contributed by atoms with Crippen molar-refractivity contribution in [3.63, 3.8) is 0 Å². The van der Waals surface area contributed by atoms with Gasteiger partial charge in [-0.15, -0.1) is 0 Å². The van der Waals surface area contributed by atoms with Gasteiger partial charge >= 0.3 is 0 Å². The largest absolute Gasteiger partial charge is 0.371 e. The first-order chi connectivity index (χ1) is 9.63. The molecule has 1 heterocycles. The highest BCUT2D eigenvalue weighted by Gasteiger charge is 2.18. The van der Waals surface area contributed by atoms with Crippen LogP contribution in [0.2, 0.25) is 0 Å². The molecule has 2 rings (SSSR count). The van der Waals surface area contributed by atoms with Crippen molar-refractivity contribution in [3.8, 4) is 0 Å². The quantitative estimate of drug-likeness (QED) is 0.888. The average Bonchev–Trinajstić information content (AvgIpc) is 2.70. The highest BCUT2D eigenvalue weighted by atomic mass is 19.1. The van der Waals surface area contributed by atoms with E-state index in [-0.39, 0.29) is 11.9 Å². The molecule has 20 heavy (non-hydrogen) atoms. The molecule has 0 bridgehead atoms. The molecule has 1 N–H and O–H groups in total. The van der Waals surface area contributed by atoms with Crippen LogP contribution in [0.15, 0.2) is 12.1 Å². The molecule has 1 atom stereocenters. The van der Waals surface area contributed by atoms with E-state index in [4.69, 9.17) is 0 Å². The summed E-state index contributed by atoms with van der Waals surface area (Å²) in [5.74, 6) is -0.0941. The minimum atomic E-state index is -0.0941. The van der Waals surface area contributed by atoms with Gasteiger partial charge in [-0.05, 0) is 56.5 Å². The summed E-state index contributed by atoms with van der Waals surface area (Å²) in [6, 6.07) is 3.94. The maximum atomic E-state index is 14.0. The first kappa shape index (κ1) is 15.3. The van der Waals surface area contributed by atoms with E-state index in [1.165, 1.54) is 31.4 Å². The number of hydrogen-bond donors (Lipinski definition) is 1. The molecule has 1 fully saturated rings. The fourth-order valence-corrected chi connectivity index (χ4v) is 3.03. The molecular weight excluding hydrogens is 251 g/mol. The Morgan fingerprint density at radius 1 is 1.20 bits per heavy atom. The number of halogens is 1. The molecule has 1 aliphatic heterocycles. The van der Waals surface area contributed by atoms with Crippen LogP contribution in [-0.4, -0.2) is 19.6 Å². The summed E-state index contributed by atoms with van der Waals surface area (Å²) in [5.41, 5.74) is 3.06. The minimum Gasteiger partial charge on any atom is -0.371 e. The lowest BCUT2D eigenvalue weighted by Crippen LogP contribution is -2.28. The fourth-order valence-electron chi connectivity index (χ4n) is 3.03. The molecule has 0 spiro atoms. The zero-order chi connectivity index (χ0) is 14.5. The second-order valence-electron chi connectivity index (χ2n) is 5.84. The Balaban J connectivity index is 2.35. The molecule has 2 nitrogen and oxygen atoms in total. The van der Waals surface area contributed by atoms with Gasteiger partial charge in [-0.1, -0.05) is 19.8 Å². The third kappa shape index (κ3) is 3.51. The summed E-state index contributed by atoms with van der Waals surface area (Å²) in [6.07, 6.45) is 5.11. The van der Waals surface area contributed by atoms with E-state index in [0.29, 0.717) is 0 Å². The lowest BCUT2D eigenvalue weighted by Gasteiger charge is -2.28. The number of hydrogen-bond acceptors (Lipinski definition) is 2. The van der Waals surface area contributed by atoms with Crippen molar-refractivity contribution in [2.75, 3.05) is 24.5 Å². The predicted molar refractivity (Wildman–Crippen MR) is 83.9 cm³/mol. The van der Waals surface area contributed by atoms with E-state index in [9.17, 15) is 4.39 Å². The van der Waals surface area contributed by atoms with Crippen LogP contribution in [-0.2, 0) is 0 Å². The molecule has 1 aliphatic rings. The normalized spacial score (nSPS) is 17.9. The number of rotatable bonds is 4. The van der Waals surface area contributed by atoms with Crippen LogP contribution in [0.4, 0.5) is 10.1 Å². The van der Waals surface area contributed by atoms with Gasteiger partial charge < -0.3 is 10.2 Å². The summed E-state index contributed by atoms with van der Waals surface area (Å²) < 4.78 is 14.0. The van der Waals surface area contributed by atoms with Gasteiger partial charge in [0.25, 0.3) is 0 Å². The predicted octanol–water partition coefficient (Wildman–Crippen LogP) is 4.19. The Morgan fingerprint density at radius 3 is 2.45 bits per heavy atom. The van der Waals surface area contributed by atoms with Gasteiger partial charge in [-0.3, -0.25) is 0 Å². The summed E-state index contributed by atoms with van der Waals surface area (Å²) in [7, 11) is 0. The van der Waals surface area contributed by atoms with Crippen LogP contribution < -0.4 is 10.2 Å². The molecule has 1 saturated heterocycles. The van der Waals surface area contributed by atoms with Crippen molar-refractivity contribution < 1.29 is 4.39 Å². The van der Waals surface area contributed by atoms with Crippen LogP contribution in [0.3, 0.4) is 0 Å². The van der Waals surface area contributed by atoms with Crippen LogP contribution in [0.5, 0.6) is 0 Å². The second-order valence-corrected chi connectivity index (χ2v) is 5.84. The van der Waals surface area contributed by atoms with E-state index >= 15 is 0 Å². The molecule has 112 valence electrons. The van der Waals surface area contributed by atoms with E-state index in [1.54, 1.807) is 6.07 Å². The maximum absolute atomic E-state index is 14.0. The van der Waals surface area contributed by atoms with Crippen molar-refractivity contribution in [1.82, 2.24) is 5.32 Å². The lowest BCUT2D eigenvalue weighted by atomic mass is 10.0. The van der Waals surface area contributed by atoms with Crippen LogP contribution >= 0.6 is 0 Å². The lowest BCUT2D eigenvalue weighted by molar-refractivity contribution is 0.577. The number of nitrogens with zero attached hydrogens (tertiary/aromatic N) is 1. The molecule has 1 aromatic rings. The van der Waals surface area contributed by atoms with E-state index < -0.39 is 0 Å². The molecular formula is C17H27FN2. The number of nitrogens with one attached hydrogen (secondary N) is 1. The van der Waals surface area contributed by atoms with E-state index in [1.807, 2.05) is 13.0 Å². The first-order valence-electron chi connectivity index (χ1n) is 7.92. The van der Waals surface area contributed by atoms with Crippen LogP contribution in [0.1, 0.15) is 56.7 Å². The van der Waals surface area contributed by atoms with Crippen molar-refractivity contribution in [3.05, 3.63) is 29.1 Å². The summed E-state index contributed by atoms with van der Waals surface area (Å²) in [5, 5.41) is 3.41. The molecule has 0 aliphatic carbocycles. The van der Waals surface area contributed by atoms with Gasteiger partial charge in [-0.25, -0.2) is 4.39 Å². The monoisotopic (exact) mass is 278 g/mol. The van der Waals surface area contributed by atoms with Crippen LogP contribution in [0.25, 0.3) is 0 Å². The van der Waals surface area contributed by atoms with Gasteiger partial charge in [-0.2, -0.15) is 0 Å². The number of aryl methyl sites for hydroxylation is 1. The van der Waals surface area contributed by atoms with Crippen LogP contribution in [0, 0.1) is 12.7 Å². The van der Waals surface area contributed by atoms with Crippen molar-refractivity contribution >= 4 is 5.69 Å². The van der Waals surface area contributed by atoms with Crippen molar-refractivity contribution in [2.45, 2.75) is 52.5 Å². The molecule has 0 aromatic heterocycles. The fraction of sp³-hybridized carbons (Fsp3) is 0.647. The zero-order valence-electron chi connectivity index (χ0n) is 13.0. The number of benzene rings is 1. The smallest absolute Gasteiger partial charge is 0.126 e. The molecule has 0 amide bonds. The van der Waals surface area contributed by atoms with Gasteiger partial charge in [0.05, 0.1) is 0 Å². The van der Waals surface area contributed by atoms with Crippen molar-refractivity contribution in [1.29, 1.82) is 0 Å². The highest BCUT2D eigenvalue weighted by molar-refractivity contribution is 5.57. The third-order valence-corrected chi connectivity index (χ3v) is 4.23. The molecule has 3 heteroatoms. The Hall–Kier alpha value is -1.09. The summed E-state index contributed by atoms with van der Waals surface area (Å²) in [4.78, 5) is 2.45. The standard InChI is InChI=1S/C17H27FN2/c1-4-19-14(3)15-12-16(18)13(2)11-17(15)20-9-7-5-6-8-10-20/h11-12,14,19H,4-10H2,1-3H3. The summed E-state index contributed by atoms with van der Waals surface area (Å²) >= 11 is 0. The van der Waals surface area contributed by atoms with Crippen molar-refractivity contribution in [2.24, 2.45) is 0 Å². The Labute approximate surface area is 122 Å². The maximum Gasteiger partial charge on any atom is 0.126 e. The highest BCUT2D eigenvalue weighted by Crippen LogP contribution is 2.31. The summed E-state index contributed by atoms with van der Waals surface area (Å²) in [6.45, 7) is 9.16. The van der Waals surface area contributed by atoms with Gasteiger partial charge in [0.2, 0.25) is 0 Å². The zero-order valence-corrected chi connectivity index (χ0v) is 13.0. The topological polar surface area (TPSA) is 15.3 Å². The molecule has 1 aromatic carbocycles. The van der Waals surface area contributed by atoms with Gasteiger partial charge in [0, 0.05) is 24.8 Å². The SMILES string of the molecule is CCNC(C)c1cc(F)c(C)cc1N1CCCCCC1. The average molecular weight is 278 g/mol. The Bertz CT molecular complexity index is 437. The van der Waals surface area contributed by atoms with Gasteiger partial charge in [0.1, 0.15) is 5.82 Å².